The largest absolute Gasteiger partial charge is 0.338 e. The van der Waals surface area contributed by atoms with E-state index < -0.39 is 0 Å². The number of halogens is 2. The van der Waals surface area contributed by atoms with E-state index in [0.717, 1.165) is 12.8 Å². The summed E-state index contributed by atoms with van der Waals surface area (Å²) in [5, 5.41) is 8.20. The third-order valence-electron chi connectivity index (χ3n) is 4.65. The highest BCUT2D eigenvalue weighted by molar-refractivity contribution is 5.89. The fourth-order valence-corrected chi connectivity index (χ4v) is 3.02. The zero-order valence-corrected chi connectivity index (χ0v) is 15.3. The summed E-state index contributed by atoms with van der Waals surface area (Å²) in [6.07, 6.45) is 1.54. The maximum absolute atomic E-state index is 12.9. The molecule has 0 saturated carbocycles. The van der Waals surface area contributed by atoms with E-state index in [1.54, 1.807) is 4.90 Å². The Morgan fingerprint density at radius 3 is 1.89 bits per heavy atom. The van der Waals surface area contributed by atoms with Gasteiger partial charge in [0, 0.05) is 31.0 Å². The third-order valence-corrected chi connectivity index (χ3v) is 4.65. The predicted octanol–water partition coefficient (Wildman–Crippen LogP) is 4.03. The Morgan fingerprint density at radius 2 is 1.36 bits per heavy atom. The van der Waals surface area contributed by atoms with Crippen molar-refractivity contribution < 1.29 is 18.4 Å². The molecule has 6 nitrogen and oxygen atoms in total. The van der Waals surface area contributed by atoms with Crippen molar-refractivity contribution in [3.8, 4) is 0 Å². The molecule has 0 aliphatic carbocycles. The second-order valence-electron chi connectivity index (χ2n) is 6.71. The lowest BCUT2D eigenvalue weighted by Crippen LogP contribution is -2.43. The zero-order valence-electron chi connectivity index (χ0n) is 15.3. The normalized spacial score (nSPS) is 14.4. The Labute approximate surface area is 161 Å². The van der Waals surface area contributed by atoms with Crippen LogP contribution < -0.4 is 16.0 Å². The average molecular weight is 388 g/mol. The molecule has 3 N–H and O–H groups in total. The summed E-state index contributed by atoms with van der Waals surface area (Å²) >= 11 is 0. The second-order valence-corrected chi connectivity index (χ2v) is 6.71. The quantitative estimate of drug-likeness (QED) is 0.740. The summed E-state index contributed by atoms with van der Waals surface area (Å²) in [5.74, 6) is -0.440. The van der Waals surface area contributed by atoms with Crippen LogP contribution in [0.5, 0.6) is 0 Å². The van der Waals surface area contributed by atoms with Gasteiger partial charge in [-0.15, -0.1) is 0 Å². The van der Waals surface area contributed by atoms with Gasteiger partial charge in [0.15, 0.2) is 0 Å². The number of nitrogens with one attached hydrogen (secondary N) is 3. The molecule has 0 bridgehead atoms. The lowest BCUT2D eigenvalue weighted by atomic mass is 9.97. The Kier molecular flexibility index (Phi) is 6.41. The topological polar surface area (TPSA) is 73.5 Å². The average Bonchev–Trinajstić information content (AvgIpc) is 2.70. The van der Waals surface area contributed by atoms with Gasteiger partial charge in [0.05, 0.1) is 0 Å². The minimum Gasteiger partial charge on any atom is -0.338 e. The molecule has 1 saturated heterocycles. The van der Waals surface area contributed by atoms with Gasteiger partial charge in [-0.1, -0.05) is 0 Å². The summed E-state index contributed by atoms with van der Waals surface area (Å²) in [5.41, 5.74) is 1.07. The highest BCUT2D eigenvalue weighted by Gasteiger charge is 2.23. The molecule has 0 radical (unpaired) electrons. The van der Waals surface area contributed by atoms with Crippen molar-refractivity contribution in [1.82, 2.24) is 10.2 Å². The maximum Gasteiger partial charge on any atom is 0.321 e. The number of anilines is 2. The number of amides is 4. The zero-order chi connectivity index (χ0) is 19.9. The first-order chi connectivity index (χ1) is 13.5. The molecule has 1 aliphatic heterocycles. The standard InChI is InChI=1S/C20H22F2N4O2/c21-15-1-5-17(6-2-15)24-19(27)23-13-14-9-11-26(12-10-14)20(28)25-18-7-3-16(22)4-8-18/h1-8,14H,9-13H2,(H,25,28)(H2,23,24,27). The third kappa shape index (κ3) is 5.67. The SMILES string of the molecule is O=C(NCC1CCN(C(=O)Nc2ccc(F)cc2)CC1)Nc1ccc(F)cc1. The minimum absolute atomic E-state index is 0.216. The van der Waals surface area contributed by atoms with Crippen LogP contribution in [0.25, 0.3) is 0 Å². The van der Waals surface area contributed by atoms with E-state index in [9.17, 15) is 18.4 Å². The van der Waals surface area contributed by atoms with E-state index in [2.05, 4.69) is 16.0 Å². The molecule has 8 heteroatoms. The number of nitrogens with zero attached hydrogens (tertiary/aromatic N) is 1. The van der Waals surface area contributed by atoms with Crippen LogP contribution in [-0.4, -0.2) is 36.6 Å². The molecule has 28 heavy (non-hydrogen) atoms. The number of urea groups is 2. The van der Waals surface area contributed by atoms with Gasteiger partial charge in [-0.05, 0) is 67.3 Å². The Bertz CT molecular complexity index is 804. The van der Waals surface area contributed by atoms with Crippen molar-refractivity contribution in [3.63, 3.8) is 0 Å². The molecule has 1 fully saturated rings. The molecule has 2 aromatic rings. The van der Waals surface area contributed by atoms with E-state index in [4.69, 9.17) is 0 Å². The second kappa shape index (κ2) is 9.16. The van der Waals surface area contributed by atoms with Gasteiger partial charge >= 0.3 is 12.1 Å². The molecule has 2 aromatic carbocycles. The highest BCUT2D eigenvalue weighted by atomic mass is 19.1. The van der Waals surface area contributed by atoms with Crippen LogP contribution in [0.1, 0.15) is 12.8 Å². The molecule has 4 amide bonds. The number of hydrogen-bond acceptors (Lipinski definition) is 2. The maximum atomic E-state index is 12.9. The first kappa shape index (κ1) is 19.6. The fourth-order valence-electron chi connectivity index (χ4n) is 3.02. The number of rotatable bonds is 4. The molecular weight excluding hydrogens is 366 g/mol. The van der Waals surface area contributed by atoms with E-state index in [1.165, 1.54) is 48.5 Å². The minimum atomic E-state index is -0.360. The summed E-state index contributed by atoms with van der Waals surface area (Å²) in [7, 11) is 0. The van der Waals surface area contributed by atoms with Crippen LogP contribution in [0.15, 0.2) is 48.5 Å². The van der Waals surface area contributed by atoms with Crippen LogP contribution in [-0.2, 0) is 0 Å². The first-order valence-corrected chi connectivity index (χ1v) is 9.11. The van der Waals surface area contributed by atoms with Crippen molar-refractivity contribution in [3.05, 3.63) is 60.2 Å². The van der Waals surface area contributed by atoms with Gasteiger partial charge in [-0.2, -0.15) is 0 Å². The lowest BCUT2D eigenvalue weighted by Gasteiger charge is -2.32. The molecule has 0 spiro atoms. The van der Waals surface area contributed by atoms with E-state index in [0.29, 0.717) is 31.0 Å². The molecular formula is C20H22F2N4O2. The molecule has 0 atom stereocenters. The summed E-state index contributed by atoms with van der Waals surface area (Å²) < 4.78 is 25.8. The first-order valence-electron chi connectivity index (χ1n) is 9.11. The Balaban J connectivity index is 1.37. The monoisotopic (exact) mass is 388 g/mol. The molecule has 0 unspecified atom stereocenters. The number of likely N-dealkylation sites (tertiary alicyclic amines) is 1. The Morgan fingerprint density at radius 1 is 0.857 bits per heavy atom. The summed E-state index contributed by atoms with van der Waals surface area (Å²) in [6, 6.07) is 10.6. The number of benzene rings is 2. The van der Waals surface area contributed by atoms with Crippen molar-refractivity contribution in [1.29, 1.82) is 0 Å². The van der Waals surface area contributed by atoms with E-state index in [1.807, 2.05) is 0 Å². The molecule has 1 aliphatic rings. The number of carbonyl (C=O) groups is 2. The van der Waals surface area contributed by atoms with Crippen LogP contribution in [0.4, 0.5) is 29.7 Å². The predicted molar refractivity (Wildman–Crippen MR) is 103 cm³/mol. The fraction of sp³-hybridized carbons (Fsp3) is 0.300. The summed E-state index contributed by atoms with van der Waals surface area (Å²) in [6.45, 7) is 1.67. The smallest absolute Gasteiger partial charge is 0.321 e. The van der Waals surface area contributed by atoms with Crippen molar-refractivity contribution in [2.75, 3.05) is 30.3 Å². The van der Waals surface area contributed by atoms with Gasteiger partial charge < -0.3 is 20.9 Å². The van der Waals surface area contributed by atoms with Gasteiger partial charge in [0.25, 0.3) is 0 Å². The van der Waals surface area contributed by atoms with Gasteiger partial charge in [0.1, 0.15) is 11.6 Å². The van der Waals surface area contributed by atoms with Gasteiger partial charge in [-0.3, -0.25) is 0 Å². The number of hydrogen-bond donors (Lipinski definition) is 3. The Hall–Kier alpha value is -3.16. The van der Waals surface area contributed by atoms with Gasteiger partial charge in [0.2, 0.25) is 0 Å². The van der Waals surface area contributed by atoms with Crippen molar-refractivity contribution in [2.24, 2.45) is 5.92 Å². The molecule has 3 rings (SSSR count). The molecule has 1 heterocycles. The van der Waals surface area contributed by atoms with Crippen LogP contribution >= 0.6 is 0 Å². The van der Waals surface area contributed by atoms with Crippen LogP contribution in [0.2, 0.25) is 0 Å². The van der Waals surface area contributed by atoms with Crippen LogP contribution in [0, 0.1) is 17.6 Å². The molecule has 148 valence electrons. The van der Waals surface area contributed by atoms with Gasteiger partial charge in [-0.25, -0.2) is 18.4 Å². The van der Waals surface area contributed by atoms with E-state index >= 15 is 0 Å². The molecule has 0 aromatic heterocycles. The van der Waals surface area contributed by atoms with Crippen molar-refractivity contribution >= 4 is 23.4 Å². The number of piperidine rings is 1. The number of carbonyl (C=O) groups excluding carboxylic acids is 2. The lowest BCUT2D eigenvalue weighted by molar-refractivity contribution is 0.181. The van der Waals surface area contributed by atoms with E-state index in [-0.39, 0.29) is 29.6 Å². The summed E-state index contributed by atoms with van der Waals surface area (Å²) in [4.78, 5) is 25.9. The van der Waals surface area contributed by atoms with Crippen LogP contribution in [0.3, 0.4) is 0 Å². The van der Waals surface area contributed by atoms with Crippen molar-refractivity contribution in [2.45, 2.75) is 12.8 Å². The highest BCUT2D eigenvalue weighted by Crippen LogP contribution is 2.18.